The predicted octanol–water partition coefficient (Wildman–Crippen LogP) is 0.614. The van der Waals surface area contributed by atoms with Crippen LogP contribution in [0.2, 0.25) is 0 Å². The molecule has 1 unspecified atom stereocenters. The number of carbonyl (C=O) groups excluding carboxylic acids is 2. The van der Waals surface area contributed by atoms with Gasteiger partial charge in [-0.2, -0.15) is 0 Å². The highest BCUT2D eigenvalue weighted by atomic mass is 16.4. The van der Waals surface area contributed by atoms with Crippen LogP contribution in [0.3, 0.4) is 0 Å². The number of amides is 2. The molecule has 0 spiro atoms. The van der Waals surface area contributed by atoms with Crippen molar-refractivity contribution in [3.8, 4) is 0 Å². The molecule has 0 bridgehead atoms. The highest BCUT2D eigenvalue weighted by Gasteiger charge is 2.29. The highest BCUT2D eigenvalue weighted by Crippen LogP contribution is 2.18. The van der Waals surface area contributed by atoms with Crippen molar-refractivity contribution in [3.63, 3.8) is 0 Å². The van der Waals surface area contributed by atoms with Gasteiger partial charge in [0.25, 0.3) is 0 Å². The molecule has 1 aliphatic heterocycles. The van der Waals surface area contributed by atoms with E-state index in [1.807, 2.05) is 6.92 Å². The largest absolute Gasteiger partial charge is 0.480 e. The number of hydrogen-bond donors (Lipinski definition) is 2. The van der Waals surface area contributed by atoms with Gasteiger partial charge in [0.1, 0.15) is 6.04 Å². The molecule has 2 N–H and O–H groups in total. The van der Waals surface area contributed by atoms with Crippen molar-refractivity contribution in [2.24, 2.45) is 5.92 Å². The molecule has 2 atom stereocenters. The smallest absolute Gasteiger partial charge is 0.325 e. The number of nitrogens with one attached hydrogen (secondary N) is 1. The molecule has 0 aromatic rings. The number of piperidine rings is 1. The van der Waals surface area contributed by atoms with Crippen LogP contribution >= 0.6 is 0 Å². The SMILES string of the molecule is CCCC(=O)N1CCCC(C(=O)N[C@H](C)C(=O)O)C1. The van der Waals surface area contributed by atoms with E-state index >= 15 is 0 Å². The van der Waals surface area contributed by atoms with Crippen LogP contribution < -0.4 is 5.32 Å². The number of hydrogen-bond acceptors (Lipinski definition) is 3. The number of carboxylic acids is 1. The number of aliphatic carboxylic acids is 1. The van der Waals surface area contributed by atoms with E-state index in [9.17, 15) is 14.4 Å². The van der Waals surface area contributed by atoms with Crippen LogP contribution in [0.1, 0.15) is 39.5 Å². The van der Waals surface area contributed by atoms with Gasteiger partial charge in [-0.05, 0) is 26.2 Å². The molecule has 1 aliphatic rings. The fourth-order valence-electron chi connectivity index (χ4n) is 2.18. The van der Waals surface area contributed by atoms with E-state index < -0.39 is 12.0 Å². The summed E-state index contributed by atoms with van der Waals surface area (Å²) in [5.74, 6) is -1.55. The van der Waals surface area contributed by atoms with Gasteiger partial charge in [0.2, 0.25) is 11.8 Å². The predicted molar refractivity (Wildman–Crippen MR) is 69.5 cm³/mol. The molecule has 1 saturated heterocycles. The van der Waals surface area contributed by atoms with Crippen molar-refractivity contribution in [2.45, 2.75) is 45.6 Å². The van der Waals surface area contributed by atoms with E-state index in [-0.39, 0.29) is 17.7 Å². The van der Waals surface area contributed by atoms with Gasteiger partial charge in [-0.15, -0.1) is 0 Å². The summed E-state index contributed by atoms with van der Waals surface area (Å²) in [5, 5.41) is 11.2. The molecule has 0 radical (unpaired) electrons. The third-order valence-electron chi connectivity index (χ3n) is 3.34. The third-order valence-corrected chi connectivity index (χ3v) is 3.34. The van der Waals surface area contributed by atoms with Gasteiger partial charge in [-0.3, -0.25) is 14.4 Å². The summed E-state index contributed by atoms with van der Waals surface area (Å²) in [6, 6.07) is -0.894. The first-order chi connectivity index (χ1) is 8.95. The maximum Gasteiger partial charge on any atom is 0.325 e. The van der Waals surface area contributed by atoms with Gasteiger partial charge in [0.15, 0.2) is 0 Å². The van der Waals surface area contributed by atoms with Gasteiger partial charge in [0.05, 0.1) is 5.92 Å². The molecule has 0 aromatic heterocycles. The number of nitrogens with zero attached hydrogens (tertiary/aromatic N) is 1. The maximum atomic E-state index is 11.9. The molecule has 1 rings (SSSR count). The molecule has 0 saturated carbocycles. The molecule has 2 amide bonds. The fraction of sp³-hybridized carbons (Fsp3) is 0.769. The number of carbonyl (C=O) groups is 3. The lowest BCUT2D eigenvalue weighted by Crippen LogP contribution is -2.48. The zero-order valence-corrected chi connectivity index (χ0v) is 11.5. The lowest BCUT2D eigenvalue weighted by Gasteiger charge is -2.32. The molecule has 1 heterocycles. The van der Waals surface area contributed by atoms with Crippen LogP contribution in [0.15, 0.2) is 0 Å². The molecule has 0 aromatic carbocycles. The Bertz CT molecular complexity index is 357. The normalized spacial score (nSPS) is 20.7. The van der Waals surface area contributed by atoms with E-state index in [4.69, 9.17) is 5.11 Å². The Morgan fingerprint density at radius 2 is 2.11 bits per heavy atom. The van der Waals surface area contributed by atoms with Crippen LogP contribution in [0, 0.1) is 5.92 Å². The van der Waals surface area contributed by atoms with E-state index in [0.29, 0.717) is 25.9 Å². The lowest BCUT2D eigenvalue weighted by atomic mass is 9.96. The molecule has 6 heteroatoms. The maximum absolute atomic E-state index is 11.9. The molecule has 0 aliphatic carbocycles. The van der Waals surface area contributed by atoms with Crippen molar-refractivity contribution in [2.75, 3.05) is 13.1 Å². The molecule has 19 heavy (non-hydrogen) atoms. The van der Waals surface area contributed by atoms with Gasteiger partial charge >= 0.3 is 5.97 Å². The Balaban J connectivity index is 2.52. The molecular weight excluding hydrogens is 248 g/mol. The van der Waals surface area contributed by atoms with E-state index in [0.717, 1.165) is 12.8 Å². The second kappa shape index (κ2) is 7.11. The molecular formula is C13H22N2O4. The number of carboxylic acid groups (broad SMARTS) is 1. The molecule has 108 valence electrons. The lowest BCUT2D eigenvalue weighted by molar-refractivity contribution is -0.143. The van der Waals surface area contributed by atoms with Crippen molar-refractivity contribution in [1.82, 2.24) is 10.2 Å². The zero-order valence-electron chi connectivity index (χ0n) is 11.5. The Kier molecular flexibility index (Phi) is 5.79. The minimum Gasteiger partial charge on any atom is -0.480 e. The van der Waals surface area contributed by atoms with Crippen molar-refractivity contribution >= 4 is 17.8 Å². The van der Waals surface area contributed by atoms with E-state index in [1.54, 1.807) is 4.90 Å². The van der Waals surface area contributed by atoms with Gasteiger partial charge in [-0.1, -0.05) is 6.92 Å². The Labute approximate surface area is 113 Å². The third kappa shape index (κ3) is 4.54. The van der Waals surface area contributed by atoms with Crippen LogP contribution in [-0.4, -0.2) is 46.9 Å². The summed E-state index contributed by atoms with van der Waals surface area (Å²) in [4.78, 5) is 36.1. The zero-order chi connectivity index (χ0) is 14.4. The summed E-state index contributed by atoms with van der Waals surface area (Å²) >= 11 is 0. The number of rotatable bonds is 5. The van der Waals surface area contributed by atoms with Crippen LogP contribution in [0.5, 0.6) is 0 Å². The first kappa shape index (κ1) is 15.5. The summed E-state index contributed by atoms with van der Waals surface area (Å²) < 4.78 is 0. The summed E-state index contributed by atoms with van der Waals surface area (Å²) in [5.41, 5.74) is 0. The van der Waals surface area contributed by atoms with Crippen LogP contribution in [-0.2, 0) is 14.4 Å². The van der Waals surface area contributed by atoms with Crippen molar-refractivity contribution in [1.29, 1.82) is 0 Å². The van der Waals surface area contributed by atoms with E-state index in [1.165, 1.54) is 6.92 Å². The summed E-state index contributed by atoms with van der Waals surface area (Å²) in [7, 11) is 0. The first-order valence-corrected chi connectivity index (χ1v) is 6.76. The summed E-state index contributed by atoms with van der Waals surface area (Å²) in [6.45, 7) is 4.47. The minimum atomic E-state index is -1.05. The Morgan fingerprint density at radius 1 is 1.42 bits per heavy atom. The quantitative estimate of drug-likeness (QED) is 0.766. The molecule has 1 fully saturated rings. The first-order valence-electron chi connectivity index (χ1n) is 6.76. The van der Waals surface area contributed by atoms with Gasteiger partial charge < -0.3 is 15.3 Å². The van der Waals surface area contributed by atoms with Gasteiger partial charge in [-0.25, -0.2) is 0 Å². The molecule has 6 nitrogen and oxygen atoms in total. The van der Waals surface area contributed by atoms with Gasteiger partial charge in [0, 0.05) is 19.5 Å². The van der Waals surface area contributed by atoms with Crippen LogP contribution in [0.25, 0.3) is 0 Å². The fourth-order valence-corrected chi connectivity index (χ4v) is 2.18. The van der Waals surface area contributed by atoms with Crippen LogP contribution in [0.4, 0.5) is 0 Å². The second-order valence-electron chi connectivity index (χ2n) is 5.00. The van der Waals surface area contributed by atoms with Crippen molar-refractivity contribution < 1.29 is 19.5 Å². The average molecular weight is 270 g/mol. The highest BCUT2D eigenvalue weighted by molar-refractivity contribution is 5.85. The second-order valence-corrected chi connectivity index (χ2v) is 5.00. The average Bonchev–Trinajstić information content (AvgIpc) is 2.39. The number of likely N-dealkylation sites (tertiary alicyclic amines) is 1. The van der Waals surface area contributed by atoms with E-state index in [2.05, 4.69) is 5.32 Å². The topological polar surface area (TPSA) is 86.7 Å². The minimum absolute atomic E-state index is 0.0753. The standard InChI is InChI=1S/C13H22N2O4/c1-3-5-11(16)15-7-4-6-10(8-15)12(17)14-9(2)13(18)19/h9-10H,3-8H2,1-2H3,(H,14,17)(H,18,19)/t9-,10?/m1/s1. The Hall–Kier alpha value is -1.59. The Morgan fingerprint density at radius 3 is 2.68 bits per heavy atom. The van der Waals surface area contributed by atoms with Crippen molar-refractivity contribution in [3.05, 3.63) is 0 Å². The monoisotopic (exact) mass is 270 g/mol. The summed E-state index contributed by atoms with van der Waals surface area (Å²) in [6.07, 6.45) is 2.78.